The molecule has 0 spiro atoms. The normalized spacial score (nSPS) is 11.5. The first-order chi connectivity index (χ1) is 11.3. The lowest BCUT2D eigenvalue weighted by molar-refractivity contribution is -0.268. The Hall–Kier alpha value is -3.20. The van der Waals surface area contributed by atoms with Gasteiger partial charge in [-0.3, -0.25) is 9.98 Å². The van der Waals surface area contributed by atoms with E-state index in [1.807, 2.05) is 60.7 Å². The zero-order valence-electron chi connectivity index (χ0n) is 12.3. The van der Waals surface area contributed by atoms with Crippen LogP contribution in [0.15, 0.2) is 77.9 Å². The molecule has 0 atom stereocenters. The molecule has 0 aliphatic heterocycles. The third-order valence-corrected chi connectivity index (χ3v) is 3.87. The maximum atomic E-state index is 12.2. The summed E-state index contributed by atoms with van der Waals surface area (Å²) < 4.78 is 0. The minimum Gasteiger partial charge on any atom is -0.872 e. The fraction of sp³-hybridized carbons (Fsp3) is 0. The number of benzene rings is 3. The van der Waals surface area contributed by atoms with E-state index < -0.39 is 0 Å². The summed E-state index contributed by atoms with van der Waals surface area (Å²) in [5.41, 5.74) is 2.20. The molecule has 0 aliphatic carbocycles. The maximum absolute atomic E-state index is 12.2. The molecule has 3 aromatic carbocycles. The highest BCUT2D eigenvalue weighted by molar-refractivity contribution is 6.03. The average molecular weight is 297 g/mol. The van der Waals surface area contributed by atoms with Crippen molar-refractivity contribution in [2.45, 2.75) is 0 Å². The molecule has 0 aliphatic rings. The summed E-state index contributed by atoms with van der Waals surface area (Å²) >= 11 is 0. The van der Waals surface area contributed by atoms with Crippen LogP contribution in [-0.2, 0) is 0 Å². The monoisotopic (exact) mass is 297 g/mol. The summed E-state index contributed by atoms with van der Waals surface area (Å²) in [7, 11) is 0. The van der Waals surface area contributed by atoms with Gasteiger partial charge in [-0.2, -0.15) is 0 Å². The molecule has 0 bridgehead atoms. The molecule has 4 aromatic rings. The van der Waals surface area contributed by atoms with Crippen molar-refractivity contribution in [3.63, 3.8) is 0 Å². The number of aliphatic imine (C=N–C) groups is 1. The molecule has 1 heterocycles. The molecule has 4 rings (SSSR count). The third kappa shape index (κ3) is 2.42. The lowest BCUT2D eigenvalue weighted by atomic mass is 10.0. The predicted octanol–water partition coefficient (Wildman–Crippen LogP) is 4.21. The molecule has 3 heteroatoms. The van der Waals surface area contributed by atoms with Gasteiger partial charge in [0, 0.05) is 17.8 Å². The number of hydrogen-bond acceptors (Lipinski definition) is 3. The highest BCUT2D eigenvalue weighted by atomic mass is 16.3. The van der Waals surface area contributed by atoms with Gasteiger partial charge in [-0.05, 0) is 28.5 Å². The molecule has 0 saturated carbocycles. The molecule has 0 fully saturated rings. The van der Waals surface area contributed by atoms with Crippen molar-refractivity contribution in [3.05, 3.63) is 78.5 Å². The minimum atomic E-state index is -0.0272. The number of para-hydroxylation sites is 1. The summed E-state index contributed by atoms with van der Waals surface area (Å²) in [4.78, 5) is 8.91. The van der Waals surface area contributed by atoms with Gasteiger partial charge in [-0.25, -0.2) is 0 Å². The Morgan fingerprint density at radius 1 is 0.826 bits per heavy atom. The summed E-state index contributed by atoms with van der Waals surface area (Å²) in [5.74, 6) is -0.0272. The molecule has 0 saturated heterocycles. The van der Waals surface area contributed by atoms with Crippen molar-refractivity contribution in [1.29, 1.82) is 0 Å². The minimum absolute atomic E-state index is 0.0272. The number of rotatable bonds is 2. The van der Waals surface area contributed by atoms with Gasteiger partial charge in [0.1, 0.15) is 0 Å². The largest absolute Gasteiger partial charge is 0.872 e. The Morgan fingerprint density at radius 2 is 1.65 bits per heavy atom. The van der Waals surface area contributed by atoms with Gasteiger partial charge < -0.3 is 5.11 Å². The van der Waals surface area contributed by atoms with Crippen LogP contribution in [0.4, 0.5) is 5.69 Å². The number of hydrogen-bond donors (Lipinski definition) is 0. The van der Waals surface area contributed by atoms with E-state index in [1.54, 1.807) is 18.5 Å². The van der Waals surface area contributed by atoms with Gasteiger partial charge in [-0.15, -0.1) is 0 Å². The number of fused-ring (bicyclic) bond motifs is 2. The van der Waals surface area contributed by atoms with Crippen LogP contribution in [0.25, 0.3) is 21.7 Å². The fourth-order valence-corrected chi connectivity index (χ4v) is 2.74. The van der Waals surface area contributed by atoms with Gasteiger partial charge in [0.2, 0.25) is 0 Å². The second-order valence-electron chi connectivity index (χ2n) is 5.31. The average Bonchev–Trinajstić information content (AvgIpc) is 2.61. The van der Waals surface area contributed by atoms with Crippen LogP contribution in [0, 0.1) is 0 Å². The number of nitrogens with zero attached hydrogens (tertiary/aromatic N) is 2. The van der Waals surface area contributed by atoms with Crippen LogP contribution < -0.4 is 5.11 Å². The van der Waals surface area contributed by atoms with E-state index >= 15 is 0 Å². The summed E-state index contributed by atoms with van der Waals surface area (Å²) in [6.07, 6.45) is 3.40. The molecule has 3 nitrogen and oxygen atoms in total. The van der Waals surface area contributed by atoms with Crippen molar-refractivity contribution in [3.8, 4) is 5.75 Å². The van der Waals surface area contributed by atoms with Crippen molar-refractivity contribution >= 4 is 33.6 Å². The van der Waals surface area contributed by atoms with E-state index in [0.29, 0.717) is 5.56 Å². The first-order valence-electron chi connectivity index (χ1n) is 7.39. The van der Waals surface area contributed by atoms with E-state index in [-0.39, 0.29) is 5.75 Å². The molecular weight excluding hydrogens is 284 g/mol. The smallest absolute Gasteiger partial charge is 0.0958 e. The van der Waals surface area contributed by atoms with Crippen molar-refractivity contribution in [1.82, 2.24) is 4.98 Å². The van der Waals surface area contributed by atoms with E-state index in [9.17, 15) is 5.11 Å². The van der Waals surface area contributed by atoms with Crippen molar-refractivity contribution in [2.24, 2.45) is 4.99 Å². The second-order valence-corrected chi connectivity index (χ2v) is 5.31. The SMILES string of the molecule is [O-]c1ccc2ccccc2c1C=Nc1cccc2cccnc12. The number of pyridine rings is 1. The van der Waals surface area contributed by atoms with Gasteiger partial charge in [0.25, 0.3) is 0 Å². The van der Waals surface area contributed by atoms with Gasteiger partial charge in [0.05, 0.1) is 11.2 Å². The highest BCUT2D eigenvalue weighted by Crippen LogP contribution is 2.26. The van der Waals surface area contributed by atoms with Crippen molar-refractivity contribution in [2.75, 3.05) is 0 Å². The summed E-state index contributed by atoms with van der Waals surface area (Å²) in [6.45, 7) is 0. The maximum Gasteiger partial charge on any atom is 0.0958 e. The molecule has 0 unspecified atom stereocenters. The zero-order chi connectivity index (χ0) is 15.6. The van der Waals surface area contributed by atoms with Crippen molar-refractivity contribution < 1.29 is 5.11 Å². The topological polar surface area (TPSA) is 48.3 Å². The first-order valence-corrected chi connectivity index (χ1v) is 7.39. The standard InChI is InChI=1S/C20H14N2O/c23-19-11-10-14-5-1-2-8-16(14)17(19)13-22-18-9-3-6-15-7-4-12-21-20(15)18/h1-13,23H/p-1. The summed E-state index contributed by atoms with van der Waals surface area (Å²) in [5, 5.41) is 15.2. The molecule has 0 radical (unpaired) electrons. The van der Waals surface area contributed by atoms with Crippen LogP contribution in [-0.4, -0.2) is 11.2 Å². The lowest BCUT2D eigenvalue weighted by Crippen LogP contribution is -1.97. The quantitative estimate of drug-likeness (QED) is 0.520. The van der Waals surface area contributed by atoms with E-state index in [0.717, 1.165) is 27.4 Å². The molecule has 0 amide bonds. The molecule has 110 valence electrons. The van der Waals surface area contributed by atoms with Crippen LogP contribution in [0.1, 0.15) is 5.56 Å². The van der Waals surface area contributed by atoms with E-state index in [2.05, 4.69) is 9.98 Å². The molecule has 1 aromatic heterocycles. The Labute approximate surface area is 133 Å². The highest BCUT2D eigenvalue weighted by Gasteiger charge is 2.02. The predicted molar refractivity (Wildman–Crippen MR) is 92.4 cm³/mol. The lowest BCUT2D eigenvalue weighted by Gasteiger charge is -2.12. The van der Waals surface area contributed by atoms with Gasteiger partial charge in [-0.1, -0.05) is 60.3 Å². The van der Waals surface area contributed by atoms with E-state index in [1.165, 1.54) is 0 Å². The Balaban J connectivity index is 1.87. The number of aromatic nitrogens is 1. The van der Waals surface area contributed by atoms with Gasteiger partial charge >= 0.3 is 0 Å². The first kappa shape index (κ1) is 13.5. The molecule has 23 heavy (non-hydrogen) atoms. The second kappa shape index (κ2) is 5.54. The third-order valence-electron chi connectivity index (χ3n) is 3.87. The van der Waals surface area contributed by atoms with Crippen LogP contribution >= 0.6 is 0 Å². The Kier molecular flexibility index (Phi) is 3.24. The summed E-state index contributed by atoms with van der Waals surface area (Å²) in [6, 6.07) is 21.0. The Bertz CT molecular complexity index is 1030. The van der Waals surface area contributed by atoms with Crippen LogP contribution in [0.5, 0.6) is 5.75 Å². The van der Waals surface area contributed by atoms with Crippen LogP contribution in [0.3, 0.4) is 0 Å². The molecular formula is C20H13N2O-. The van der Waals surface area contributed by atoms with Gasteiger partial charge in [0.15, 0.2) is 0 Å². The molecule has 0 N–H and O–H groups in total. The Morgan fingerprint density at radius 3 is 2.61 bits per heavy atom. The fourth-order valence-electron chi connectivity index (χ4n) is 2.74. The van der Waals surface area contributed by atoms with Crippen LogP contribution in [0.2, 0.25) is 0 Å². The van der Waals surface area contributed by atoms with E-state index in [4.69, 9.17) is 0 Å². The zero-order valence-corrected chi connectivity index (χ0v) is 12.3.